The summed E-state index contributed by atoms with van der Waals surface area (Å²) in [7, 11) is 0. The zero-order valence-electron chi connectivity index (χ0n) is 19.6. The molecule has 0 aliphatic carbocycles. The first-order chi connectivity index (χ1) is 14.7. The smallest absolute Gasteiger partial charge is 0.226 e. The van der Waals surface area contributed by atoms with E-state index in [0.717, 1.165) is 0 Å². The molecule has 1 fully saturated rings. The molecular formula is C27H36N2O2. The number of carbonyl (C=O) groups is 2. The summed E-state index contributed by atoms with van der Waals surface area (Å²) >= 11 is 0. The van der Waals surface area contributed by atoms with E-state index in [1.54, 1.807) is 0 Å². The molecular weight excluding hydrogens is 384 g/mol. The van der Waals surface area contributed by atoms with Gasteiger partial charge in [-0.15, -0.1) is 0 Å². The fourth-order valence-electron chi connectivity index (χ4n) is 4.60. The number of rotatable bonds is 6. The van der Waals surface area contributed by atoms with E-state index in [1.165, 1.54) is 22.3 Å². The summed E-state index contributed by atoms with van der Waals surface area (Å²) in [6.45, 7) is 11.3. The molecule has 0 radical (unpaired) electrons. The highest BCUT2D eigenvalue weighted by Gasteiger charge is 2.43. The highest BCUT2D eigenvalue weighted by molar-refractivity contribution is 5.85. The molecule has 1 heterocycles. The van der Waals surface area contributed by atoms with Crippen LogP contribution in [0.5, 0.6) is 0 Å². The molecule has 0 spiro atoms. The molecule has 1 saturated heterocycles. The predicted molar refractivity (Wildman–Crippen MR) is 127 cm³/mol. The van der Waals surface area contributed by atoms with Crippen molar-refractivity contribution in [2.75, 3.05) is 13.1 Å². The molecule has 31 heavy (non-hydrogen) atoms. The minimum absolute atomic E-state index is 0.0150. The second-order valence-electron chi connectivity index (χ2n) is 9.54. The Labute approximate surface area is 187 Å². The van der Waals surface area contributed by atoms with Crippen LogP contribution in [-0.2, 0) is 16.0 Å². The van der Waals surface area contributed by atoms with Gasteiger partial charge in [-0.25, -0.2) is 0 Å². The van der Waals surface area contributed by atoms with Crippen LogP contribution in [0.2, 0.25) is 0 Å². The van der Waals surface area contributed by atoms with Gasteiger partial charge >= 0.3 is 0 Å². The third-order valence-corrected chi connectivity index (χ3v) is 6.41. The summed E-state index contributed by atoms with van der Waals surface area (Å²) in [6, 6.07) is 16.9. The van der Waals surface area contributed by atoms with E-state index in [2.05, 4.69) is 60.8 Å². The van der Waals surface area contributed by atoms with Gasteiger partial charge in [0.2, 0.25) is 11.8 Å². The maximum absolute atomic E-state index is 13.4. The number of hydrogen-bond donors (Lipinski definition) is 1. The molecule has 2 aromatic rings. The average molecular weight is 421 g/mol. The SMILES string of the molecule is Cc1ccccc1-c1ccccc1CC1(C(=O)NC(C)C)CCN(C(=O)C(C)C)CC1. The van der Waals surface area contributed by atoms with Gasteiger partial charge in [0, 0.05) is 25.0 Å². The summed E-state index contributed by atoms with van der Waals surface area (Å²) in [4.78, 5) is 27.9. The van der Waals surface area contributed by atoms with Crippen LogP contribution in [0.25, 0.3) is 11.1 Å². The van der Waals surface area contributed by atoms with Gasteiger partial charge in [-0.05, 0) is 62.3 Å². The normalized spacial score (nSPS) is 15.9. The van der Waals surface area contributed by atoms with Crippen molar-refractivity contribution in [1.82, 2.24) is 10.2 Å². The number of amides is 2. The summed E-state index contributed by atoms with van der Waals surface area (Å²) in [6.07, 6.45) is 2.05. The zero-order valence-corrected chi connectivity index (χ0v) is 19.6. The van der Waals surface area contributed by atoms with Gasteiger partial charge < -0.3 is 10.2 Å². The Morgan fingerprint density at radius 3 is 2.10 bits per heavy atom. The molecule has 3 rings (SSSR count). The number of benzene rings is 2. The Hall–Kier alpha value is -2.62. The second-order valence-corrected chi connectivity index (χ2v) is 9.54. The van der Waals surface area contributed by atoms with E-state index in [0.29, 0.717) is 32.4 Å². The van der Waals surface area contributed by atoms with Gasteiger partial charge in [0.25, 0.3) is 0 Å². The van der Waals surface area contributed by atoms with E-state index in [4.69, 9.17) is 0 Å². The molecule has 1 N–H and O–H groups in total. The summed E-state index contributed by atoms with van der Waals surface area (Å²) < 4.78 is 0. The standard InChI is InChI=1S/C27H36N2O2/c1-19(2)25(30)29-16-14-27(15-17-29,26(31)28-20(3)4)18-22-11-7-9-13-24(22)23-12-8-6-10-21(23)5/h6-13,19-20H,14-18H2,1-5H3,(H,28,31). The van der Waals surface area contributed by atoms with Gasteiger partial charge in [0.1, 0.15) is 0 Å². The van der Waals surface area contributed by atoms with E-state index < -0.39 is 5.41 Å². The van der Waals surface area contributed by atoms with Crippen molar-refractivity contribution in [1.29, 1.82) is 0 Å². The Balaban J connectivity index is 1.94. The minimum Gasteiger partial charge on any atom is -0.353 e. The first kappa shape index (κ1) is 23.1. The third-order valence-electron chi connectivity index (χ3n) is 6.41. The molecule has 0 bridgehead atoms. The van der Waals surface area contributed by atoms with Gasteiger partial charge in [-0.1, -0.05) is 62.4 Å². The Kier molecular flexibility index (Phi) is 7.19. The van der Waals surface area contributed by atoms with Crippen molar-refractivity contribution in [3.8, 4) is 11.1 Å². The van der Waals surface area contributed by atoms with E-state index in [9.17, 15) is 9.59 Å². The topological polar surface area (TPSA) is 49.4 Å². The van der Waals surface area contributed by atoms with Crippen molar-refractivity contribution in [2.45, 2.75) is 59.9 Å². The lowest BCUT2D eigenvalue weighted by molar-refractivity contribution is -0.142. The number of hydrogen-bond acceptors (Lipinski definition) is 2. The molecule has 0 saturated carbocycles. The molecule has 166 valence electrons. The van der Waals surface area contributed by atoms with Crippen LogP contribution >= 0.6 is 0 Å². The van der Waals surface area contributed by atoms with Crippen molar-refractivity contribution >= 4 is 11.8 Å². The highest BCUT2D eigenvalue weighted by Crippen LogP contribution is 2.39. The van der Waals surface area contributed by atoms with Crippen LogP contribution in [-0.4, -0.2) is 35.8 Å². The van der Waals surface area contributed by atoms with Crippen LogP contribution in [0.3, 0.4) is 0 Å². The molecule has 2 amide bonds. The van der Waals surface area contributed by atoms with Crippen LogP contribution in [0, 0.1) is 18.3 Å². The first-order valence-corrected chi connectivity index (χ1v) is 11.5. The van der Waals surface area contributed by atoms with Gasteiger partial charge in [-0.3, -0.25) is 9.59 Å². The van der Waals surface area contributed by atoms with E-state index in [1.807, 2.05) is 32.6 Å². The van der Waals surface area contributed by atoms with Crippen molar-refractivity contribution < 1.29 is 9.59 Å². The maximum atomic E-state index is 13.4. The fraction of sp³-hybridized carbons (Fsp3) is 0.481. The Morgan fingerprint density at radius 2 is 1.52 bits per heavy atom. The van der Waals surface area contributed by atoms with Gasteiger partial charge in [0.05, 0.1) is 5.41 Å². The fourth-order valence-corrected chi connectivity index (χ4v) is 4.60. The number of carbonyl (C=O) groups excluding carboxylic acids is 2. The maximum Gasteiger partial charge on any atom is 0.226 e. The molecule has 0 atom stereocenters. The molecule has 4 heteroatoms. The molecule has 0 aromatic heterocycles. The van der Waals surface area contributed by atoms with Crippen molar-refractivity contribution in [3.63, 3.8) is 0 Å². The van der Waals surface area contributed by atoms with Crippen LogP contribution in [0.1, 0.15) is 51.7 Å². The predicted octanol–water partition coefficient (Wildman–Crippen LogP) is 4.99. The molecule has 2 aromatic carbocycles. The summed E-state index contributed by atoms with van der Waals surface area (Å²) in [5.41, 5.74) is 4.33. The molecule has 0 unspecified atom stereocenters. The van der Waals surface area contributed by atoms with Gasteiger partial charge in [-0.2, -0.15) is 0 Å². The van der Waals surface area contributed by atoms with E-state index in [-0.39, 0.29) is 23.8 Å². The number of nitrogens with one attached hydrogen (secondary N) is 1. The van der Waals surface area contributed by atoms with Crippen LogP contribution in [0.4, 0.5) is 0 Å². The largest absolute Gasteiger partial charge is 0.353 e. The third kappa shape index (κ3) is 5.17. The monoisotopic (exact) mass is 420 g/mol. The lowest BCUT2D eigenvalue weighted by atomic mass is 9.71. The van der Waals surface area contributed by atoms with E-state index >= 15 is 0 Å². The molecule has 1 aliphatic heterocycles. The van der Waals surface area contributed by atoms with Crippen LogP contribution < -0.4 is 5.32 Å². The van der Waals surface area contributed by atoms with Crippen molar-refractivity contribution in [2.24, 2.45) is 11.3 Å². The lowest BCUT2D eigenvalue weighted by Gasteiger charge is -2.42. The first-order valence-electron chi connectivity index (χ1n) is 11.5. The minimum atomic E-state index is -0.503. The lowest BCUT2D eigenvalue weighted by Crippen LogP contribution is -2.53. The summed E-state index contributed by atoms with van der Waals surface area (Å²) in [5.74, 6) is 0.274. The highest BCUT2D eigenvalue weighted by atomic mass is 16.2. The second kappa shape index (κ2) is 9.67. The number of aryl methyl sites for hydroxylation is 1. The molecule has 1 aliphatic rings. The van der Waals surface area contributed by atoms with Gasteiger partial charge in [0.15, 0.2) is 0 Å². The van der Waals surface area contributed by atoms with Crippen LogP contribution in [0.15, 0.2) is 48.5 Å². The zero-order chi connectivity index (χ0) is 22.6. The Morgan fingerprint density at radius 1 is 0.935 bits per heavy atom. The quantitative estimate of drug-likeness (QED) is 0.715. The average Bonchev–Trinajstić information content (AvgIpc) is 2.74. The number of piperidine rings is 1. The number of likely N-dealkylation sites (tertiary alicyclic amines) is 1. The number of nitrogens with zero attached hydrogens (tertiary/aromatic N) is 1. The van der Waals surface area contributed by atoms with Crippen molar-refractivity contribution in [3.05, 3.63) is 59.7 Å². The Bertz CT molecular complexity index is 924. The summed E-state index contributed by atoms with van der Waals surface area (Å²) in [5, 5.41) is 3.17. The molecule has 4 nitrogen and oxygen atoms in total.